The third kappa shape index (κ3) is 4.95. The number of nitrogens with zero attached hydrogens (tertiary/aromatic N) is 2. The highest BCUT2D eigenvalue weighted by molar-refractivity contribution is 8.31. The summed E-state index contributed by atoms with van der Waals surface area (Å²) >= 11 is 0. The number of rotatable bonds is 2. The molecule has 2 N–H and O–H groups in total. The molecule has 0 atom stereocenters. The average Bonchev–Trinajstić information content (AvgIpc) is 1.82. The predicted octanol–water partition coefficient (Wildman–Crippen LogP) is 0.862. The highest BCUT2D eigenvalue weighted by Gasteiger charge is 2.04. The predicted molar refractivity (Wildman–Crippen MR) is 55.3 cm³/mol. The van der Waals surface area contributed by atoms with E-state index in [0.717, 1.165) is 6.54 Å². The fourth-order valence-electron chi connectivity index (χ4n) is 0.512. The van der Waals surface area contributed by atoms with Crippen LogP contribution in [-0.4, -0.2) is 43.2 Å². The summed E-state index contributed by atoms with van der Waals surface area (Å²) in [6.45, 7) is 2.96. The Balaban J connectivity index is 4.22. The summed E-state index contributed by atoms with van der Waals surface area (Å²) in [4.78, 5) is 1.94. The van der Waals surface area contributed by atoms with E-state index in [4.69, 9.17) is 5.73 Å². The van der Waals surface area contributed by atoms with Gasteiger partial charge in [0.1, 0.15) is 0 Å². The first-order valence-corrected chi connectivity index (χ1v) is 6.43. The highest BCUT2D eigenvalue weighted by atomic mass is 32.3. The molecule has 0 heterocycles. The second-order valence-electron chi connectivity index (χ2n) is 3.24. The molecule has 0 aliphatic carbocycles. The Morgan fingerprint density at radius 2 is 1.91 bits per heavy atom. The van der Waals surface area contributed by atoms with Crippen LogP contribution in [0.1, 0.15) is 6.92 Å². The molecule has 0 spiro atoms. The van der Waals surface area contributed by atoms with Gasteiger partial charge in [-0.2, -0.15) is 10.2 Å². The summed E-state index contributed by atoms with van der Waals surface area (Å²) in [5.74, 6) is 0.648. The van der Waals surface area contributed by atoms with Crippen LogP contribution in [0.2, 0.25) is 0 Å². The molecule has 0 aliphatic rings. The van der Waals surface area contributed by atoms with E-state index in [-0.39, 0.29) is 0 Å². The van der Waals surface area contributed by atoms with Gasteiger partial charge in [0.15, 0.2) is 0 Å². The van der Waals surface area contributed by atoms with Gasteiger partial charge in [0, 0.05) is 13.6 Å². The molecule has 0 unspecified atom stereocenters. The standard InChI is InChI=1S/C7H19N3S/c1-6-10(2)7(8)9-11(3,4)5/h6H2,1-5H3,(H2,8,9). The SMILES string of the molecule is CCN(C)C(N)=NS(C)(C)C. The molecule has 0 aromatic heterocycles. The van der Waals surface area contributed by atoms with Crippen LogP contribution in [0.3, 0.4) is 0 Å². The lowest BCUT2D eigenvalue weighted by Crippen LogP contribution is -2.33. The fourth-order valence-corrected chi connectivity index (χ4v) is 1.21. The van der Waals surface area contributed by atoms with Gasteiger partial charge in [-0.05, 0) is 25.7 Å². The maximum atomic E-state index is 5.71. The number of hydrogen-bond acceptors (Lipinski definition) is 1. The Kier molecular flexibility index (Phi) is 3.72. The van der Waals surface area contributed by atoms with Crippen molar-refractivity contribution < 1.29 is 0 Å². The lowest BCUT2D eigenvalue weighted by molar-refractivity contribution is 0.530. The lowest BCUT2D eigenvalue weighted by Gasteiger charge is -2.23. The Hall–Kier alpha value is -0.380. The highest BCUT2D eigenvalue weighted by Crippen LogP contribution is 2.35. The minimum Gasteiger partial charge on any atom is -0.369 e. The van der Waals surface area contributed by atoms with Crippen molar-refractivity contribution in [2.75, 3.05) is 32.4 Å². The molecule has 3 nitrogen and oxygen atoms in total. The van der Waals surface area contributed by atoms with Gasteiger partial charge in [-0.3, -0.25) is 0 Å². The van der Waals surface area contributed by atoms with E-state index in [2.05, 4.69) is 30.1 Å². The second kappa shape index (κ2) is 3.85. The Morgan fingerprint density at radius 1 is 1.45 bits per heavy atom. The number of nitrogens with two attached hydrogens (primary N) is 1. The van der Waals surface area contributed by atoms with Crippen LogP contribution in [0.15, 0.2) is 4.40 Å². The molecule has 0 aliphatic heterocycles. The molecule has 0 aromatic carbocycles. The van der Waals surface area contributed by atoms with Crippen molar-refractivity contribution in [2.45, 2.75) is 6.92 Å². The molecule has 11 heavy (non-hydrogen) atoms. The molecule has 0 radical (unpaired) electrons. The normalized spacial score (nSPS) is 14.8. The van der Waals surface area contributed by atoms with Gasteiger partial charge in [-0.15, -0.1) is 0 Å². The van der Waals surface area contributed by atoms with Crippen molar-refractivity contribution in [3.63, 3.8) is 0 Å². The number of hydrogen-bond donors (Lipinski definition) is 1. The van der Waals surface area contributed by atoms with Crippen molar-refractivity contribution in [1.82, 2.24) is 4.90 Å². The van der Waals surface area contributed by atoms with Crippen molar-refractivity contribution in [1.29, 1.82) is 0 Å². The number of guanidine groups is 1. The molecule has 0 fully saturated rings. The van der Waals surface area contributed by atoms with Gasteiger partial charge in [-0.1, -0.05) is 0 Å². The van der Waals surface area contributed by atoms with Crippen molar-refractivity contribution in [3.8, 4) is 0 Å². The zero-order valence-corrected chi connectivity index (χ0v) is 8.90. The Bertz CT molecular complexity index is 148. The molecule has 0 rings (SSSR count). The molecule has 0 saturated carbocycles. The first-order chi connectivity index (χ1) is 4.87. The molecule has 0 amide bonds. The van der Waals surface area contributed by atoms with Crippen LogP contribution < -0.4 is 5.73 Å². The first kappa shape index (κ1) is 10.6. The monoisotopic (exact) mass is 177 g/mol. The van der Waals surface area contributed by atoms with Crippen LogP contribution in [0, 0.1) is 0 Å². The summed E-state index contributed by atoms with van der Waals surface area (Å²) in [6.07, 6.45) is 6.34. The molecule has 68 valence electrons. The van der Waals surface area contributed by atoms with Gasteiger partial charge in [0.25, 0.3) is 0 Å². The van der Waals surface area contributed by atoms with E-state index in [1.807, 2.05) is 11.9 Å². The summed E-state index contributed by atoms with van der Waals surface area (Å²) < 4.78 is 4.38. The zero-order chi connectivity index (χ0) is 9.07. The largest absolute Gasteiger partial charge is 0.369 e. The van der Waals surface area contributed by atoms with Crippen LogP contribution in [0.5, 0.6) is 0 Å². The quantitative estimate of drug-likeness (QED) is 0.502. The van der Waals surface area contributed by atoms with E-state index < -0.39 is 10.2 Å². The summed E-state index contributed by atoms with van der Waals surface area (Å²) in [6, 6.07) is 0. The van der Waals surface area contributed by atoms with E-state index in [1.54, 1.807) is 0 Å². The lowest BCUT2D eigenvalue weighted by atomic mass is 10.6. The third-order valence-corrected chi connectivity index (χ3v) is 1.97. The van der Waals surface area contributed by atoms with Gasteiger partial charge in [0.2, 0.25) is 5.96 Å². The Labute approximate surface area is 71.1 Å². The van der Waals surface area contributed by atoms with E-state index in [0.29, 0.717) is 5.96 Å². The van der Waals surface area contributed by atoms with Gasteiger partial charge in [0.05, 0.1) is 0 Å². The molecule has 0 aromatic rings. The summed E-state index contributed by atoms with van der Waals surface area (Å²) in [5, 5.41) is 0. The van der Waals surface area contributed by atoms with E-state index >= 15 is 0 Å². The topological polar surface area (TPSA) is 41.6 Å². The third-order valence-electron chi connectivity index (χ3n) is 1.23. The molecule has 4 heteroatoms. The maximum absolute atomic E-state index is 5.71. The average molecular weight is 177 g/mol. The van der Waals surface area contributed by atoms with E-state index in [1.165, 1.54) is 0 Å². The zero-order valence-electron chi connectivity index (χ0n) is 8.09. The van der Waals surface area contributed by atoms with Gasteiger partial charge < -0.3 is 10.6 Å². The second-order valence-corrected chi connectivity index (χ2v) is 6.96. The smallest absolute Gasteiger partial charge is 0.201 e. The van der Waals surface area contributed by atoms with Gasteiger partial charge >= 0.3 is 0 Å². The first-order valence-electron chi connectivity index (χ1n) is 3.61. The molecule has 0 bridgehead atoms. The van der Waals surface area contributed by atoms with E-state index in [9.17, 15) is 0 Å². The van der Waals surface area contributed by atoms with Gasteiger partial charge in [-0.25, -0.2) is 4.40 Å². The van der Waals surface area contributed by atoms with Crippen molar-refractivity contribution in [3.05, 3.63) is 0 Å². The molecular formula is C7H19N3S. The Morgan fingerprint density at radius 3 is 2.18 bits per heavy atom. The summed E-state index contributed by atoms with van der Waals surface area (Å²) in [5.41, 5.74) is 5.71. The summed E-state index contributed by atoms with van der Waals surface area (Å²) in [7, 11) is 1.09. The molecule has 0 saturated heterocycles. The fraction of sp³-hybridized carbons (Fsp3) is 0.857. The van der Waals surface area contributed by atoms with Crippen LogP contribution >= 0.6 is 10.2 Å². The van der Waals surface area contributed by atoms with Crippen LogP contribution in [0.25, 0.3) is 0 Å². The van der Waals surface area contributed by atoms with Crippen molar-refractivity contribution >= 4 is 16.2 Å². The maximum Gasteiger partial charge on any atom is 0.201 e. The molecular weight excluding hydrogens is 158 g/mol. The van der Waals surface area contributed by atoms with Crippen LogP contribution in [0.4, 0.5) is 0 Å². The van der Waals surface area contributed by atoms with Crippen molar-refractivity contribution in [2.24, 2.45) is 10.1 Å². The minimum atomic E-state index is -0.857. The van der Waals surface area contributed by atoms with Crippen LogP contribution in [-0.2, 0) is 0 Å². The minimum absolute atomic E-state index is 0.648.